The Hall–Kier alpha value is -3.87. The molecule has 26 nitrogen and oxygen atoms in total. The van der Waals surface area contributed by atoms with Gasteiger partial charge in [0.25, 0.3) is 0 Å². The molecule has 1 fully saturated rings. The summed E-state index contributed by atoms with van der Waals surface area (Å²) in [6.45, 7) is 4.41. The number of amides is 2. The van der Waals surface area contributed by atoms with E-state index >= 15 is 0 Å². The molecule has 0 spiro atoms. The van der Waals surface area contributed by atoms with Crippen molar-refractivity contribution in [1.82, 2.24) is 4.90 Å². The first kappa shape index (κ1) is 59.4. The van der Waals surface area contributed by atoms with E-state index in [0.29, 0.717) is 13.0 Å². The Balaban J connectivity index is -0.000000768. The summed E-state index contributed by atoms with van der Waals surface area (Å²) in [5, 5.41) is 90.4. The number of unbranched alkanes of at least 4 members (excludes halogenated alkanes) is 1. The van der Waals surface area contributed by atoms with Gasteiger partial charge in [0.1, 0.15) is 54.7 Å². The molecule has 0 aromatic rings. The average molecular weight is 864 g/mol. The molecule has 0 radical (unpaired) electrons. The largest absolute Gasteiger partial charge is 0.481 e. The maximum absolute atomic E-state index is 11.6. The van der Waals surface area contributed by atoms with Gasteiger partial charge in [0.2, 0.25) is 17.6 Å². The number of aliphatic hydroxyl groups is 7. The van der Waals surface area contributed by atoms with Crippen LogP contribution in [0.5, 0.6) is 0 Å². The molecule has 0 aromatic carbocycles. The summed E-state index contributed by atoms with van der Waals surface area (Å²) in [4.78, 5) is 75.7. The summed E-state index contributed by atoms with van der Waals surface area (Å²) in [5.41, 5.74) is 31.3. The van der Waals surface area contributed by atoms with Gasteiger partial charge in [-0.3, -0.25) is 28.8 Å². The summed E-state index contributed by atoms with van der Waals surface area (Å²) in [6, 6.07) is -5.27. The van der Waals surface area contributed by atoms with E-state index < -0.39 is 134 Å². The molecule has 26 heteroatoms. The van der Waals surface area contributed by atoms with Gasteiger partial charge in [-0.25, -0.2) is 4.79 Å². The number of carboxylic acids is 3. The second-order valence-corrected chi connectivity index (χ2v) is 13.3. The first-order chi connectivity index (χ1) is 27.1. The third-order valence-corrected chi connectivity index (χ3v) is 8.26. The number of Topliss-reactive ketones (excluding diaryl/α,β-unsaturated/α-hetero) is 2. The zero-order valence-corrected chi connectivity index (χ0v) is 33.4. The lowest BCUT2D eigenvalue weighted by Crippen LogP contribution is -2.63. The Labute approximate surface area is 340 Å². The number of ether oxygens (including phenoxy) is 2. The molecular formula is C33H65N7O19. The predicted molar refractivity (Wildman–Crippen MR) is 202 cm³/mol. The van der Waals surface area contributed by atoms with E-state index in [2.05, 4.69) is 0 Å². The molecule has 13 atom stereocenters. The van der Waals surface area contributed by atoms with E-state index in [1.807, 2.05) is 0 Å². The van der Waals surface area contributed by atoms with Crippen LogP contribution in [0.25, 0.3) is 0 Å². The van der Waals surface area contributed by atoms with E-state index in [4.69, 9.17) is 74.5 Å². The molecule has 0 aromatic heterocycles. The Bertz CT molecular complexity index is 1300. The summed E-state index contributed by atoms with van der Waals surface area (Å²) in [6.07, 6.45) is -8.54. The number of nitrogens with two attached hydrogens (primary N) is 6. The van der Waals surface area contributed by atoms with Crippen molar-refractivity contribution in [3.05, 3.63) is 0 Å². The van der Waals surface area contributed by atoms with Crippen molar-refractivity contribution in [1.29, 1.82) is 0 Å². The molecule has 59 heavy (non-hydrogen) atoms. The van der Waals surface area contributed by atoms with Gasteiger partial charge in [-0.15, -0.1) is 0 Å². The third kappa shape index (κ3) is 24.1. The van der Waals surface area contributed by atoms with Gasteiger partial charge >= 0.3 is 17.9 Å². The third-order valence-electron chi connectivity index (χ3n) is 8.26. The zero-order valence-electron chi connectivity index (χ0n) is 33.4. The molecule has 2 amide bonds. The zero-order chi connectivity index (χ0) is 46.9. The van der Waals surface area contributed by atoms with E-state index in [1.54, 1.807) is 6.92 Å². The van der Waals surface area contributed by atoms with Crippen LogP contribution in [-0.4, -0.2) is 203 Å². The summed E-state index contributed by atoms with van der Waals surface area (Å²) >= 11 is 0. The molecule has 0 bridgehead atoms. The number of aliphatic carboxylic acids is 3. The number of aliphatic hydroxyl groups excluding tert-OH is 7. The van der Waals surface area contributed by atoms with Crippen molar-refractivity contribution < 1.29 is 94.1 Å². The van der Waals surface area contributed by atoms with Gasteiger partial charge in [0.05, 0.1) is 31.4 Å². The smallest absolute Gasteiger partial charge is 0.326 e. The van der Waals surface area contributed by atoms with Crippen LogP contribution in [0.2, 0.25) is 0 Å². The second kappa shape index (κ2) is 31.1. The molecular weight excluding hydrogens is 798 g/mol. The van der Waals surface area contributed by atoms with Gasteiger partial charge in [-0.2, -0.15) is 0 Å². The van der Waals surface area contributed by atoms with Gasteiger partial charge < -0.3 is 99.8 Å². The number of rotatable bonds is 22. The van der Waals surface area contributed by atoms with Crippen molar-refractivity contribution in [2.24, 2.45) is 34.4 Å². The molecule has 1 rings (SSSR count). The first-order valence-electron chi connectivity index (χ1n) is 18.1. The molecule has 1 aliphatic heterocycles. The minimum atomic E-state index is -1.80. The minimum Gasteiger partial charge on any atom is -0.481 e. The highest BCUT2D eigenvalue weighted by atomic mass is 16.6. The van der Waals surface area contributed by atoms with Crippen molar-refractivity contribution >= 4 is 41.3 Å². The van der Waals surface area contributed by atoms with Crippen molar-refractivity contribution in [2.45, 2.75) is 139 Å². The maximum atomic E-state index is 11.6. The number of primary amides is 1. The van der Waals surface area contributed by atoms with E-state index in [0.717, 1.165) is 24.7 Å². The first-order valence-corrected chi connectivity index (χ1v) is 18.1. The number of ketones is 2. The quantitative estimate of drug-likeness (QED) is 0.0355. The Morgan fingerprint density at radius 2 is 1.37 bits per heavy atom. The monoisotopic (exact) mass is 863 g/mol. The standard InChI is InChI=1S/C14H26N2O8.C8H15NO6.C6H14N2O2.C5H10N2O3/c1-6(4-16(8(3)18)7(2)13(20)21)23-12-10(15)14(22)24-9(5-17)11(12)19;1-3(11)6(13)5(9)8(15)7(14)4(12)2-10;7-4-2-1-3-5(8)6(9)10;6-3(5(7)10)1-2-4(8)9/h6-7,9-12,14,17,19,22H,4-5,15H2,1-3H3,(H,20,21);4-5,7-8,10,12,14-15H,2,9H2,1H3;5H,1-4,7-8H2,(H,9,10);3H,1-2,6H2,(H2,7,10)(H,8,9)/t6?,7-,9+,10+,11+,12+,14-;4-,5+,7-,8-;5-;3-/m0101/s1. The highest BCUT2D eigenvalue weighted by molar-refractivity contribution is 6.38. The number of nitrogens with zero attached hydrogens (tertiary/aromatic N) is 1. The van der Waals surface area contributed by atoms with E-state index in [1.165, 1.54) is 13.8 Å². The number of carbonyl (C=O) groups excluding carboxylic acids is 4. The molecule has 1 saturated heterocycles. The summed E-state index contributed by atoms with van der Waals surface area (Å²) < 4.78 is 10.6. The van der Waals surface area contributed by atoms with E-state index in [9.17, 15) is 54.0 Å². The number of hydrogen-bond donors (Lipinski definition) is 16. The number of hydrogen-bond acceptors (Lipinski definition) is 21. The fourth-order valence-corrected chi connectivity index (χ4v) is 4.55. The Morgan fingerprint density at radius 3 is 1.76 bits per heavy atom. The lowest BCUT2D eigenvalue weighted by Gasteiger charge is -2.42. The van der Waals surface area contributed by atoms with Gasteiger partial charge in [0.15, 0.2) is 12.1 Å². The molecule has 22 N–H and O–H groups in total. The SMILES string of the molecule is CC(=O)C(=O)[C@H](N)[C@@H](O)[C@H](O)[C@H](O)CO.CC(=O)N(CC(C)O[C@@H]1[C@@H](N)[C@@H](O)O[C@H](CO)[C@H]1O)[C@@H](C)C(=O)O.NC(=O)[C@H](N)CCC(=O)O.NCCCC[C@H](N)C(=O)O. The fourth-order valence-electron chi connectivity index (χ4n) is 4.55. The lowest BCUT2D eigenvalue weighted by molar-refractivity contribution is -0.263. The summed E-state index contributed by atoms with van der Waals surface area (Å²) in [7, 11) is 0. The second-order valence-electron chi connectivity index (χ2n) is 13.3. The Kier molecular flexibility index (Phi) is 31.3. The highest BCUT2D eigenvalue weighted by Crippen LogP contribution is 2.22. The fraction of sp³-hybridized carbons (Fsp3) is 0.788. The van der Waals surface area contributed by atoms with Crippen LogP contribution in [0.3, 0.4) is 0 Å². The van der Waals surface area contributed by atoms with Crippen molar-refractivity contribution in [3.8, 4) is 0 Å². The van der Waals surface area contributed by atoms with Gasteiger partial charge in [0, 0.05) is 26.8 Å². The maximum Gasteiger partial charge on any atom is 0.326 e. The normalized spacial score (nSPS) is 22.5. The van der Waals surface area contributed by atoms with Crippen LogP contribution in [0.1, 0.15) is 59.8 Å². The van der Waals surface area contributed by atoms with Gasteiger partial charge in [-0.05, 0) is 39.7 Å². The molecule has 0 aliphatic carbocycles. The molecule has 1 unspecified atom stereocenters. The summed E-state index contributed by atoms with van der Waals surface area (Å²) in [5.74, 6) is -6.07. The molecule has 346 valence electrons. The number of carboxylic acid groups (broad SMARTS) is 3. The van der Waals surface area contributed by atoms with Gasteiger partial charge in [-0.1, -0.05) is 6.42 Å². The van der Waals surface area contributed by atoms with Crippen LogP contribution in [0.15, 0.2) is 0 Å². The molecule has 1 aliphatic rings. The highest BCUT2D eigenvalue weighted by Gasteiger charge is 2.44. The predicted octanol–water partition coefficient (Wildman–Crippen LogP) is -7.78. The van der Waals surface area contributed by atoms with Crippen LogP contribution in [0.4, 0.5) is 0 Å². The van der Waals surface area contributed by atoms with Crippen molar-refractivity contribution in [3.63, 3.8) is 0 Å². The Morgan fingerprint density at radius 1 is 0.831 bits per heavy atom. The lowest BCUT2D eigenvalue weighted by atomic mass is 9.97. The van der Waals surface area contributed by atoms with Crippen LogP contribution >= 0.6 is 0 Å². The molecule has 0 saturated carbocycles. The number of carbonyl (C=O) groups is 7. The van der Waals surface area contributed by atoms with Crippen LogP contribution < -0.4 is 34.4 Å². The van der Waals surface area contributed by atoms with Crippen molar-refractivity contribution in [2.75, 3.05) is 26.3 Å². The average Bonchev–Trinajstić information content (AvgIpc) is 3.17. The van der Waals surface area contributed by atoms with Crippen LogP contribution in [-0.2, 0) is 43.0 Å². The molecule has 1 heterocycles. The topological polar surface area (TPSA) is 500 Å². The van der Waals surface area contributed by atoms with Crippen LogP contribution in [0, 0.1) is 0 Å². The minimum absolute atomic E-state index is 0.0422. The van der Waals surface area contributed by atoms with E-state index in [-0.39, 0.29) is 19.4 Å².